The van der Waals surface area contributed by atoms with Crippen LogP contribution in [0.4, 0.5) is 0 Å². The number of hydrogen-bond acceptors (Lipinski definition) is 3. The van der Waals surface area contributed by atoms with Crippen LogP contribution >= 0.6 is 0 Å². The van der Waals surface area contributed by atoms with Crippen LogP contribution in [0.1, 0.15) is 24.5 Å². The summed E-state index contributed by atoms with van der Waals surface area (Å²) in [6.45, 7) is 1.73. The third kappa shape index (κ3) is 3.71. The van der Waals surface area contributed by atoms with Crippen molar-refractivity contribution >= 4 is 38.1 Å². The summed E-state index contributed by atoms with van der Waals surface area (Å²) < 4.78 is 0. The van der Waals surface area contributed by atoms with Gasteiger partial charge in [0.05, 0.1) is 0 Å². The molecule has 1 aromatic heterocycles. The van der Waals surface area contributed by atoms with E-state index in [-0.39, 0.29) is 5.92 Å². The number of aromatic nitrogens is 1. The van der Waals surface area contributed by atoms with Crippen molar-refractivity contribution in [1.29, 1.82) is 0 Å². The lowest BCUT2D eigenvalue weighted by Crippen LogP contribution is -2.20. The Morgan fingerprint density at radius 1 is 0.844 bits per heavy atom. The predicted octanol–water partition coefficient (Wildman–Crippen LogP) is 6.63. The van der Waals surface area contributed by atoms with Crippen LogP contribution in [0.3, 0.4) is 0 Å². The highest BCUT2D eigenvalue weighted by molar-refractivity contribution is 6.08. The molecule has 1 unspecified atom stereocenters. The molecule has 1 N–H and O–H groups in total. The first-order valence-electron chi connectivity index (χ1n) is 11.1. The number of rotatable bonds is 1. The lowest BCUT2D eigenvalue weighted by molar-refractivity contribution is -0.121. The van der Waals surface area contributed by atoms with Gasteiger partial charge in [-0.15, -0.1) is 0 Å². The molecule has 1 aliphatic carbocycles. The first kappa shape index (κ1) is 20.2. The van der Waals surface area contributed by atoms with Crippen LogP contribution in [0, 0.1) is 5.92 Å². The molecule has 3 nitrogen and oxygen atoms in total. The topological polar surface area (TPSA) is 50.2 Å². The zero-order chi connectivity index (χ0) is 22.1. The summed E-state index contributed by atoms with van der Waals surface area (Å²) >= 11 is 0. The monoisotopic (exact) mass is 419 g/mol. The SMILES string of the molecule is CC(=O)C1CCc2c(ccc3c2ccc2ccccc23)C1.Oc1cccc2cnccc12. The van der Waals surface area contributed by atoms with E-state index in [0.29, 0.717) is 11.5 Å². The molecule has 0 spiro atoms. The van der Waals surface area contributed by atoms with Crippen LogP contribution in [0.15, 0.2) is 85.2 Å². The van der Waals surface area contributed by atoms with E-state index in [1.54, 1.807) is 37.5 Å². The lowest BCUT2D eigenvalue weighted by Gasteiger charge is -2.24. The summed E-state index contributed by atoms with van der Waals surface area (Å²) in [4.78, 5) is 15.6. The molecule has 5 aromatic rings. The zero-order valence-corrected chi connectivity index (χ0v) is 18.1. The maximum Gasteiger partial charge on any atom is 0.133 e. The van der Waals surface area contributed by atoms with Crippen LogP contribution in [0.25, 0.3) is 32.3 Å². The van der Waals surface area contributed by atoms with Gasteiger partial charge in [-0.2, -0.15) is 0 Å². The van der Waals surface area contributed by atoms with E-state index in [4.69, 9.17) is 0 Å². The minimum absolute atomic E-state index is 0.218. The highest BCUT2D eigenvalue weighted by atomic mass is 16.3. The van der Waals surface area contributed by atoms with Crippen molar-refractivity contribution in [2.45, 2.75) is 26.2 Å². The van der Waals surface area contributed by atoms with Gasteiger partial charge in [0.15, 0.2) is 0 Å². The number of aromatic hydroxyl groups is 1. The van der Waals surface area contributed by atoms with Crippen molar-refractivity contribution in [3.05, 3.63) is 96.3 Å². The molecule has 3 heteroatoms. The predicted molar refractivity (Wildman–Crippen MR) is 131 cm³/mol. The second kappa shape index (κ2) is 8.43. The Kier molecular flexibility index (Phi) is 5.32. The molecule has 32 heavy (non-hydrogen) atoms. The summed E-state index contributed by atoms with van der Waals surface area (Å²) in [6.07, 6.45) is 6.33. The number of pyridine rings is 1. The molecule has 6 rings (SSSR count). The lowest BCUT2D eigenvalue weighted by atomic mass is 9.79. The number of carbonyl (C=O) groups is 1. The smallest absolute Gasteiger partial charge is 0.133 e. The van der Waals surface area contributed by atoms with E-state index in [2.05, 4.69) is 53.5 Å². The molecular formula is C29H25NO2. The van der Waals surface area contributed by atoms with E-state index in [1.165, 1.54) is 32.7 Å². The molecule has 1 heterocycles. The van der Waals surface area contributed by atoms with Gasteiger partial charge in [0, 0.05) is 29.1 Å². The van der Waals surface area contributed by atoms with E-state index in [1.807, 2.05) is 6.07 Å². The maximum absolute atomic E-state index is 11.6. The quantitative estimate of drug-likeness (QED) is 0.310. The first-order valence-corrected chi connectivity index (χ1v) is 11.1. The van der Waals surface area contributed by atoms with Gasteiger partial charge in [-0.3, -0.25) is 9.78 Å². The average molecular weight is 420 g/mol. The number of hydrogen-bond donors (Lipinski definition) is 1. The number of nitrogens with zero attached hydrogens (tertiary/aromatic N) is 1. The summed E-state index contributed by atoms with van der Waals surface area (Å²) in [6, 6.07) is 24.7. The first-order chi connectivity index (χ1) is 15.6. The third-order valence-corrected chi connectivity index (χ3v) is 6.58. The molecule has 1 atom stereocenters. The summed E-state index contributed by atoms with van der Waals surface area (Å²) in [5.74, 6) is 0.861. The number of fused-ring (bicyclic) bond motifs is 6. The van der Waals surface area contributed by atoms with Crippen LogP contribution in [0.2, 0.25) is 0 Å². The molecule has 4 aromatic carbocycles. The van der Waals surface area contributed by atoms with Crippen LogP contribution in [-0.2, 0) is 17.6 Å². The Labute approximate surface area is 187 Å². The molecule has 0 radical (unpaired) electrons. The molecule has 0 fully saturated rings. The van der Waals surface area contributed by atoms with Crippen molar-refractivity contribution in [2.75, 3.05) is 0 Å². The summed E-state index contributed by atoms with van der Waals surface area (Å²) in [5, 5.41) is 16.5. The minimum Gasteiger partial charge on any atom is -0.507 e. The van der Waals surface area contributed by atoms with Gasteiger partial charge in [0.1, 0.15) is 11.5 Å². The number of aryl methyl sites for hydroxylation is 1. The van der Waals surface area contributed by atoms with Gasteiger partial charge >= 0.3 is 0 Å². The molecule has 0 saturated heterocycles. The summed E-state index contributed by atoms with van der Waals surface area (Å²) in [7, 11) is 0. The van der Waals surface area contributed by atoms with E-state index in [0.717, 1.165) is 30.0 Å². The van der Waals surface area contributed by atoms with Crippen LogP contribution in [0.5, 0.6) is 5.75 Å². The highest BCUT2D eigenvalue weighted by Crippen LogP contribution is 2.35. The Morgan fingerprint density at radius 2 is 1.66 bits per heavy atom. The third-order valence-electron chi connectivity index (χ3n) is 6.58. The van der Waals surface area contributed by atoms with Gasteiger partial charge < -0.3 is 5.11 Å². The molecule has 0 amide bonds. The van der Waals surface area contributed by atoms with E-state index in [9.17, 15) is 9.90 Å². The standard InChI is InChI=1S/C20H18O.C9H7NO/c1-13(21)15-7-9-18-16(12-15)8-11-19-17-5-3-2-4-14(17)6-10-20(18)19;11-9-3-1-2-7-6-10-5-4-8(7)9/h2-6,8,10-11,15H,7,9,12H2,1H3;1-6,11H. The largest absolute Gasteiger partial charge is 0.507 e. The number of phenols is 1. The number of phenolic OH excluding ortho intramolecular Hbond substituents is 1. The highest BCUT2D eigenvalue weighted by Gasteiger charge is 2.23. The molecule has 0 aliphatic heterocycles. The van der Waals surface area contributed by atoms with Crippen molar-refractivity contribution in [3.63, 3.8) is 0 Å². The van der Waals surface area contributed by atoms with Crippen molar-refractivity contribution in [1.82, 2.24) is 4.98 Å². The Hall–Kier alpha value is -3.72. The van der Waals surface area contributed by atoms with Crippen molar-refractivity contribution < 1.29 is 9.90 Å². The van der Waals surface area contributed by atoms with Gasteiger partial charge in [0.25, 0.3) is 0 Å². The minimum atomic E-state index is 0.218. The van der Waals surface area contributed by atoms with Gasteiger partial charge in [-0.25, -0.2) is 0 Å². The van der Waals surface area contributed by atoms with E-state index < -0.39 is 0 Å². The van der Waals surface area contributed by atoms with Gasteiger partial charge in [-0.05, 0) is 71.0 Å². The number of benzene rings is 4. The second-order valence-electron chi connectivity index (χ2n) is 8.51. The summed E-state index contributed by atoms with van der Waals surface area (Å²) in [5.41, 5.74) is 2.82. The molecule has 1 aliphatic rings. The Bertz CT molecular complexity index is 1450. The normalized spacial score (nSPS) is 15.2. The maximum atomic E-state index is 11.6. The fourth-order valence-corrected chi connectivity index (χ4v) is 4.82. The van der Waals surface area contributed by atoms with Crippen molar-refractivity contribution in [2.24, 2.45) is 5.92 Å². The average Bonchev–Trinajstić information content (AvgIpc) is 2.84. The fraction of sp³-hybridized carbons (Fsp3) is 0.172. The molecular weight excluding hydrogens is 394 g/mol. The molecule has 158 valence electrons. The number of Topliss-reactive ketones (excluding diaryl/α,β-unsaturated/α-hetero) is 1. The molecule has 0 bridgehead atoms. The number of carbonyl (C=O) groups excluding carboxylic acids is 1. The second-order valence-corrected chi connectivity index (χ2v) is 8.51. The van der Waals surface area contributed by atoms with Gasteiger partial charge in [-0.1, -0.05) is 60.7 Å². The van der Waals surface area contributed by atoms with Crippen molar-refractivity contribution in [3.8, 4) is 5.75 Å². The molecule has 0 saturated carbocycles. The van der Waals surface area contributed by atoms with Gasteiger partial charge in [0.2, 0.25) is 0 Å². The van der Waals surface area contributed by atoms with E-state index >= 15 is 0 Å². The zero-order valence-electron chi connectivity index (χ0n) is 18.1. The van der Waals surface area contributed by atoms with Crippen LogP contribution < -0.4 is 0 Å². The Balaban J connectivity index is 0.000000165. The van der Waals surface area contributed by atoms with Crippen LogP contribution in [-0.4, -0.2) is 15.9 Å². The Morgan fingerprint density at radius 3 is 2.50 bits per heavy atom. The fourth-order valence-electron chi connectivity index (χ4n) is 4.82. The number of ketones is 1.